The van der Waals surface area contributed by atoms with Gasteiger partial charge in [-0.3, -0.25) is 0 Å². The third-order valence-corrected chi connectivity index (χ3v) is 2.94. The van der Waals surface area contributed by atoms with Crippen molar-refractivity contribution in [3.05, 3.63) is 46.4 Å². The standard InChI is InChI=1S/C12H13ClFNO/c13-9-3-1-4-10(14)8(9)7-11(15)12-5-2-6-16-12/h1,3-5,11H,2,6-7,15H2. The number of nitrogens with two attached hydrogens (primary N) is 1. The molecule has 1 heterocycles. The van der Waals surface area contributed by atoms with Crippen LogP contribution >= 0.6 is 11.6 Å². The highest BCUT2D eigenvalue weighted by Crippen LogP contribution is 2.23. The van der Waals surface area contributed by atoms with E-state index in [4.69, 9.17) is 22.1 Å². The predicted molar refractivity (Wildman–Crippen MR) is 61.7 cm³/mol. The van der Waals surface area contributed by atoms with E-state index in [1.807, 2.05) is 6.08 Å². The Balaban J connectivity index is 2.14. The average Bonchev–Trinajstić information content (AvgIpc) is 2.76. The predicted octanol–water partition coefficient (Wildman–Crippen LogP) is 2.65. The zero-order valence-corrected chi connectivity index (χ0v) is 9.51. The molecule has 0 radical (unpaired) electrons. The first-order chi connectivity index (χ1) is 7.68. The summed E-state index contributed by atoms with van der Waals surface area (Å²) in [5, 5.41) is 0.411. The SMILES string of the molecule is NC(Cc1c(F)cccc1Cl)C1=CCCO1. The molecule has 1 aromatic rings. The highest BCUT2D eigenvalue weighted by Gasteiger charge is 2.18. The van der Waals surface area contributed by atoms with Crippen molar-refractivity contribution < 1.29 is 9.13 Å². The lowest BCUT2D eigenvalue weighted by Crippen LogP contribution is -2.26. The average molecular weight is 242 g/mol. The molecule has 0 amide bonds. The molecule has 1 aliphatic heterocycles. The minimum atomic E-state index is -0.322. The summed E-state index contributed by atoms with van der Waals surface area (Å²) in [7, 11) is 0. The highest BCUT2D eigenvalue weighted by atomic mass is 35.5. The van der Waals surface area contributed by atoms with Crippen LogP contribution < -0.4 is 5.73 Å². The molecule has 1 aromatic carbocycles. The highest BCUT2D eigenvalue weighted by molar-refractivity contribution is 6.31. The van der Waals surface area contributed by atoms with E-state index in [0.717, 1.165) is 12.2 Å². The van der Waals surface area contributed by atoms with Crippen LogP contribution in [0.5, 0.6) is 0 Å². The van der Waals surface area contributed by atoms with Gasteiger partial charge in [-0.15, -0.1) is 0 Å². The Morgan fingerprint density at radius 1 is 1.50 bits per heavy atom. The van der Waals surface area contributed by atoms with E-state index >= 15 is 0 Å². The van der Waals surface area contributed by atoms with Gasteiger partial charge in [-0.2, -0.15) is 0 Å². The maximum Gasteiger partial charge on any atom is 0.127 e. The zero-order valence-electron chi connectivity index (χ0n) is 8.75. The Labute approximate surface area is 98.8 Å². The smallest absolute Gasteiger partial charge is 0.127 e. The van der Waals surface area contributed by atoms with Crippen LogP contribution in [-0.2, 0) is 11.2 Å². The molecule has 0 saturated carbocycles. The van der Waals surface area contributed by atoms with E-state index in [1.54, 1.807) is 12.1 Å². The van der Waals surface area contributed by atoms with Gasteiger partial charge >= 0.3 is 0 Å². The van der Waals surface area contributed by atoms with Crippen molar-refractivity contribution in [2.75, 3.05) is 6.61 Å². The molecule has 1 atom stereocenters. The van der Waals surface area contributed by atoms with Gasteiger partial charge in [0.05, 0.1) is 12.6 Å². The van der Waals surface area contributed by atoms with Crippen molar-refractivity contribution in [2.45, 2.75) is 18.9 Å². The van der Waals surface area contributed by atoms with Crippen LogP contribution in [0.2, 0.25) is 5.02 Å². The van der Waals surface area contributed by atoms with Crippen molar-refractivity contribution in [3.63, 3.8) is 0 Å². The first kappa shape index (κ1) is 11.4. The fourth-order valence-corrected chi connectivity index (χ4v) is 1.98. The van der Waals surface area contributed by atoms with Crippen LogP contribution in [0, 0.1) is 5.82 Å². The van der Waals surface area contributed by atoms with Crippen molar-refractivity contribution >= 4 is 11.6 Å². The summed E-state index contributed by atoms with van der Waals surface area (Å²) in [6, 6.07) is 4.31. The first-order valence-corrected chi connectivity index (χ1v) is 5.57. The van der Waals surface area contributed by atoms with Crippen LogP contribution in [-0.4, -0.2) is 12.6 Å². The Morgan fingerprint density at radius 3 is 2.94 bits per heavy atom. The topological polar surface area (TPSA) is 35.2 Å². The molecule has 0 saturated heterocycles. The molecule has 2 rings (SSSR count). The molecule has 0 spiro atoms. The van der Waals surface area contributed by atoms with Crippen LogP contribution in [0.15, 0.2) is 30.0 Å². The second-order valence-electron chi connectivity index (χ2n) is 3.75. The zero-order chi connectivity index (χ0) is 11.5. The van der Waals surface area contributed by atoms with Crippen LogP contribution in [0.25, 0.3) is 0 Å². The molecule has 0 aliphatic carbocycles. The molecular formula is C12H13ClFNO. The van der Waals surface area contributed by atoms with Gasteiger partial charge in [0.2, 0.25) is 0 Å². The van der Waals surface area contributed by atoms with E-state index in [2.05, 4.69) is 0 Å². The van der Waals surface area contributed by atoms with Gasteiger partial charge in [-0.05, 0) is 24.6 Å². The minimum absolute atomic E-state index is 0.318. The molecule has 86 valence electrons. The maximum absolute atomic E-state index is 13.5. The van der Waals surface area contributed by atoms with Gasteiger partial charge in [0.15, 0.2) is 0 Å². The molecular weight excluding hydrogens is 229 g/mol. The minimum Gasteiger partial charge on any atom is -0.496 e. The summed E-state index contributed by atoms with van der Waals surface area (Å²) in [5.74, 6) is 0.417. The number of halogens is 2. The lowest BCUT2D eigenvalue weighted by Gasteiger charge is -2.14. The van der Waals surface area contributed by atoms with E-state index in [-0.39, 0.29) is 11.9 Å². The summed E-state index contributed by atoms with van der Waals surface area (Å²) in [6.07, 6.45) is 3.17. The maximum atomic E-state index is 13.5. The van der Waals surface area contributed by atoms with Gasteiger partial charge in [-0.1, -0.05) is 17.7 Å². The fourth-order valence-electron chi connectivity index (χ4n) is 1.74. The number of hydrogen-bond acceptors (Lipinski definition) is 2. The molecule has 0 aromatic heterocycles. The van der Waals surface area contributed by atoms with E-state index < -0.39 is 0 Å². The van der Waals surface area contributed by atoms with Crippen LogP contribution in [0.4, 0.5) is 4.39 Å². The van der Waals surface area contributed by atoms with Gasteiger partial charge < -0.3 is 10.5 Å². The fraction of sp³-hybridized carbons (Fsp3) is 0.333. The summed E-state index contributed by atoms with van der Waals surface area (Å²) < 4.78 is 18.8. The Morgan fingerprint density at radius 2 is 2.31 bits per heavy atom. The molecule has 4 heteroatoms. The molecule has 1 aliphatic rings. The van der Waals surface area contributed by atoms with E-state index in [1.165, 1.54) is 6.07 Å². The number of ether oxygens (including phenoxy) is 1. The molecule has 0 fully saturated rings. The molecule has 2 nitrogen and oxygen atoms in total. The number of rotatable bonds is 3. The summed E-state index contributed by atoms with van der Waals surface area (Å²) in [4.78, 5) is 0. The molecule has 2 N–H and O–H groups in total. The Bertz CT molecular complexity index is 399. The summed E-state index contributed by atoms with van der Waals surface area (Å²) in [6.45, 7) is 0.661. The van der Waals surface area contributed by atoms with Crippen molar-refractivity contribution in [3.8, 4) is 0 Å². The van der Waals surface area contributed by atoms with E-state index in [9.17, 15) is 4.39 Å². The lowest BCUT2D eigenvalue weighted by molar-refractivity contribution is 0.224. The van der Waals surface area contributed by atoms with E-state index in [0.29, 0.717) is 23.6 Å². The number of hydrogen-bond donors (Lipinski definition) is 1. The quantitative estimate of drug-likeness (QED) is 0.883. The third-order valence-electron chi connectivity index (χ3n) is 2.58. The second kappa shape index (κ2) is 4.85. The molecule has 1 unspecified atom stereocenters. The largest absolute Gasteiger partial charge is 0.496 e. The van der Waals surface area contributed by atoms with Crippen molar-refractivity contribution in [1.29, 1.82) is 0 Å². The van der Waals surface area contributed by atoms with Gasteiger partial charge in [0.25, 0.3) is 0 Å². The first-order valence-electron chi connectivity index (χ1n) is 5.20. The summed E-state index contributed by atoms with van der Waals surface area (Å²) >= 11 is 5.92. The van der Waals surface area contributed by atoms with Crippen molar-refractivity contribution in [2.24, 2.45) is 5.73 Å². The Hall–Kier alpha value is -1.06. The second-order valence-corrected chi connectivity index (χ2v) is 4.16. The van der Waals surface area contributed by atoms with Crippen molar-refractivity contribution in [1.82, 2.24) is 0 Å². The van der Waals surface area contributed by atoms with Gasteiger partial charge in [0, 0.05) is 17.0 Å². The molecule has 0 bridgehead atoms. The Kier molecular flexibility index (Phi) is 3.46. The van der Waals surface area contributed by atoms with Gasteiger partial charge in [-0.25, -0.2) is 4.39 Å². The lowest BCUT2D eigenvalue weighted by atomic mass is 10.0. The number of benzene rings is 1. The third kappa shape index (κ3) is 2.36. The van der Waals surface area contributed by atoms with Gasteiger partial charge in [0.1, 0.15) is 11.6 Å². The van der Waals surface area contributed by atoms with Crippen LogP contribution in [0.3, 0.4) is 0 Å². The molecule has 16 heavy (non-hydrogen) atoms. The summed E-state index contributed by atoms with van der Waals surface area (Å²) in [5.41, 5.74) is 6.38. The normalized spacial score (nSPS) is 16.8. The monoisotopic (exact) mass is 241 g/mol. The van der Waals surface area contributed by atoms with Crippen LogP contribution in [0.1, 0.15) is 12.0 Å².